The summed E-state index contributed by atoms with van der Waals surface area (Å²) in [4.78, 5) is 15.1. The van der Waals surface area contributed by atoms with Gasteiger partial charge < -0.3 is 4.98 Å². The van der Waals surface area contributed by atoms with Crippen LogP contribution >= 0.6 is 11.3 Å². The summed E-state index contributed by atoms with van der Waals surface area (Å²) in [6.45, 7) is 0. The van der Waals surface area contributed by atoms with Crippen LogP contribution < -0.4 is 5.43 Å². The fraction of sp³-hybridized carbons (Fsp3) is 0. The Bertz CT molecular complexity index is 790. The summed E-state index contributed by atoms with van der Waals surface area (Å²) in [5, 5.41) is 4.53. The summed E-state index contributed by atoms with van der Waals surface area (Å²) in [5.74, 6) is -0.420. The molecular formula is C14H10FN3OS. The zero-order valence-electron chi connectivity index (χ0n) is 10.3. The van der Waals surface area contributed by atoms with E-state index in [9.17, 15) is 9.18 Å². The summed E-state index contributed by atoms with van der Waals surface area (Å²) < 4.78 is 12.8. The van der Waals surface area contributed by atoms with E-state index >= 15 is 0 Å². The highest BCUT2D eigenvalue weighted by Crippen LogP contribution is 2.16. The number of H-pyrrole nitrogens is 1. The van der Waals surface area contributed by atoms with Crippen molar-refractivity contribution in [3.05, 3.63) is 58.2 Å². The molecule has 2 aromatic heterocycles. The van der Waals surface area contributed by atoms with Crippen molar-refractivity contribution < 1.29 is 9.18 Å². The molecule has 2 heterocycles. The van der Waals surface area contributed by atoms with Gasteiger partial charge in [-0.3, -0.25) is 4.79 Å². The van der Waals surface area contributed by atoms with Gasteiger partial charge in [0.15, 0.2) is 5.13 Å². The van der Waals surface area contributed by atoms with Crippen molar-refractivity contribution in [3.63, 3.8) is 0 Å². The Morgan fingerprint density at radius 1 is 1.30 bits per heavy atom. The number of fused-ring (bicyclic) bond motifs is 1. The second-order valence-electron chi connectivity index (χ2n) is 4.09. The van der Waals surface area contributed by atoms with E-state index in [1.807, 2.05) is 30.5 Å². The van der Waals surface area contributed by atoms with E-state index in [0.717, 1.165) is 27.8 Å². The third kappa shape index (κ3) is 2.46. The lowest BCUT2D eigenvalue weighted by Gasteiger charge is -1.97. The van der Waals surface area contributed by atoms with Crippen molar-refractivity contribution in [1.29, 1.82) is 0 Å². The van der Waals surface area contributed by atoms with Gasteiger partial charge >= 0.3 is 0 Å². The fourth-order valence-corrected chi connectivity index (χ4v) is 2.49. The molecule has 0 radical (unpaired) electrons. The molecule has 3 rings (SSSR count). The minimum absolute atomic E-state index is 0.291. The Morgan fingerprint density at radius 2 is 2.20 bits per heavy atom. The lowest BCUT2D eigenvalue weighted by atomic mass is 10.1. The van der Waals surface area contributed by atoms with Gasteiger partial charge in [-0.25, -0.2) is 5.43 Å². The Hall–Kier alpha value is -2.47. The number of thiophene rings is 1. The topological polar surface area (TPSA) is 57.2 Å². The maximum absolute atomic E-state index is 12.8. The average Bonchev–Trinajstić information content (AvgIpc) is 3.07. The number of nitrogens with one attached hydrogen (secondary N) is 2. The number of nitrogens with zero attached hydrogens (tertiary/aromatic N) is 1. The van der Waals surface area contributed by atoms with Crippen LogP contribution in [0.5, 0.6) is 0 Å². The zero-order valence-corrected chi connectivity index (χ0v) is 11.1. The molecule has 0 aliphatic rings. The van der Waals surface area contributed by atoms with Crippen molar-refractivity contribution in [3.8, 4) is 0 Å². The van der Waals surface area contributed by atoms with Gasteiger partial charge in [0.25, 0.3) is 5.91 Å². The monoisotopic (exact) mass is 287 g/mol. The highest BCUT2D eigenvalue weighted by molar-refractivity contribution is 7.12. The van der Waals surface area contributed by atoms with E-state index in [0.29, 0.717) is 4.88 Å². The number of carbonyl (C=O) groups excluding carboxylic acids is 1. The van der Waals surface area contributed by atoms with Crippen molar-refractivity contribution >= 4 is 34.4 Å². The van der Waals surface area contributed by atoms with E-state index in [2.05, 4.69) is 15.5 Å². The SMILES string of the molecule is O=C(N/N=C/c1cccc2[nH]ccc12)c1ccc(F)s1. The Balaban J connectivity index is 1.75. The summed E-state index contributed by atoms with van der Waals surface area (Å²) in [7, 11) is 0. The Labute approximate surface area is 117 Å². The lowest BCUT2D eigenvalue weighted by Crippen LogP contribution is -2.16. The zero-order chi connectivity index (χ0) is 13.9. The van der Waals surface area contributed by atoms with Crippen molar-refractivity contribution in [2.24, 2.45) is 5.10 Å². The van der Waals surface area contributed by atoms with Gasteiger partial charge in [-0.15, -0.1) is 11.3 Å². The average molecular weight is 287 g/mol. The minimum atomic E-state index is -0.420. The highest BCUT2D eigenvalue weighted by atomic mass is 32.1. The second-order valence-corrected chi connectivity index (χ2v) is 5.12. The number of aromatic nitrogens is 1. The van der Waals surface area contributed by atoms with Crippen LogP contribution in [0, 0.1) is 5.13 Å². The number of carbonyl (C=O) groups is 1. The van der Waals surface area contributed by atoms with Crippen molar-refractivity contribution in [2.75, 3.05) is 0 Å². The second kappa shape index (κ2) is 5.26. The number of aromatic amines is 1. The first-order chi connectivity index (χ1) is 9.74. The highest BCUT2D eigenvalue weighted by Gasteiger charge is 2.07. The Kier molecular flexibility index (Phi) is 3.30. The summed E-state index contributed by atoms with van der Waals surface area (Å²) in [6, 6.07) is 10.4. The summed E-state index contributed by atoms with van der Waals surface area (Å²) in [6.07, 6.45) is 3.41. The molecule has 20 heavy (non-hydrogen) atoms. The van der Waals surface area contributed by atoms with Gasteiger partial charge in [-0.2, -0.15) is 9.49 Å². The molecule has 0 aliphatic carbocycles. The maximum atomic E-state index is 12.8. The predicted octanol–water partition coefficient (Wildman–Crippen LogP) is 3.13. The molecule has 0 unspecified atom stereocenters. The molecule has 2 N–H and O–H groups in total. The largest absolute Gasteiger partial charge is 0.361 e. The lowest BCUT2D eigenvalue weighted by molar-refractivity contribution is 0.0959. The quantitative estimate of drug-likeness (QED) is 0.564. The molecule has 0 saturated carbocycles. The van der Waals surface area contributed by atoms with E-state index in [-0.39, 0.29) is 0 Å². The molecule has 0 aliphatic heterocycles. The third-order valence-corrected chi connectivity index (χ3v) is 3.67. The minimum Gasteiger partial charge on any atom is -0.361 e. The molecular weight excluding hydrogens is 277 g/mol. The van der Waals surface area contributed by atoms with E-state index in [1.54, 1.807) is 6.21 Å². The van der Waals surface area contributed by atoms with Crippen LogP contribution in [0.4, 0.5) is 4.39 Å². The van der Waals surface area contributed by atoms with Gasteiger partial charge in [-0.05, 0) is 24.3 Å². The van der Waals surface area contributed by atoms with Gasteiger partial charge in [0, 0.05) is 22.7 Å². The molecule has 1 amide bonds. The van der Waals surface area contributed by atoms with E-state index < -0.39 is 11.0 Å². The summed E-state index contributed by atoms with van der Waals surface area (Å²) in [5.41, 5.74) is 4.27. The molecule has 3 aromatic rings. The first-order valence-electron chi connectivity index (χ1n) is 5.89. The number of benzene rings is 1. The van der Waals surface area contributed by atoms with Crippen LogP contribution in [0.3, 0.4) is 0 Å². The van der Waals surface area contributed by atoms with Crippen LogP contribution in [0.25, 0.3) is 10.9 Å². The predicted molar refractivity (Wildman–Crippen MR) is 77.6 cm³/mol. The van der Waals surface area contributed by atoms with Gasteiger partial charge in [0.2, 0.25) is 0 Å². The first kappa shape index (κ1) is 12.6. The van der Waals surface area contributed by atoms with Crippen molar-refractivity contribution in [2.45, 2.75) is 0 Å². The Morgan fingerprint density at radius 3 is 3.00 bits per heavy atom. The molecule has 0 bridgehead atoms. The van der Waals surface area contributed by atoms with Crippen LogP contribution in [0.1, 0.15) is 15.2 Å². The molecule has 0 saturated heterocycles. The molecule has 0 atom stereocenters. The number of hydrogen-bond donors (Lipinski definition) is 2. The van der Waals surface area contributed by atoms with Crippen molar-refractivity contribution in [1.82, 2.24) is 10.4 Å². The van der Waals surface area contributed by atoms with E-state index in [4.69, 9.17) is 0 Å². The van der Waals surface area contributed by atoms with Crippen LogP contribution in [0.15, 0.2) is 47.7 Å². The number of amides is 1. The standard InChI is InChI=1S/C14H10FN3OS/c15-13-5-4-12(20-13)14(19)18-17-8-9-2-1-3-11-10(9)6-7-16-11/h1-8,16H,(H,18,19)/b17-8+. The molecule has 0 spiro atoms. The smallest absolute Gasteiger partial charge is 0.281 e. The molecule has 4 nitrogen and oxygen atoms in total. The van der Waals surface area contributed by atoms with E-state index in [1.165, 1.54) is 12.1 Å². The number of hydrogen-bond acceptors (Lipinski definition) is 3. The molecule has 1 aromatic carbocycles. The van der Waals surface area contributed by atoms with Crippen LogP contribution in [0.2, 0.25) is 0 Å². The first-order valence-corrected chi connectivity index (χ1v) is 6.70. The number of rotatable bonds is 3. The molecule has 100 valence electrons. The van der Waals surface area contributed by atoms with Crippen LogP contribution in [-0.4, -0.2) is 17.1 Å². The van der Waals surface area contributed by atoms with Gasteiger partial charge in [0.1, 0.15) is 0 Å². The fourth-order valence-electron chi connectivity index (χ4n) is 1.87. The summed E-state index contributed by atoms with van der Waals surface area (Å²) >= 11 is 0.788. The molecule has 6 heteroatoms. The normalized spacial score (nSPS) is 11.2. The third-order valence-electron chi connectivity index (χ3n) is 2.80. The number of hydrazone groups is 1. The number of halogens is 1. The van der Waals surface area contributed by atoms with Crippen LogP contribution in [-0.2, 0) is 0 Å². The maximum Gasteiger partial charge on any atom is 0.281 e. The van der Waals surface area contributed by atoms with Gasteiger partial charge in [-0.1, -0.05) is 12.1 Å². The van der Waals surface area contributed by atoms with Gasteiger partial charge in [0.05, 0.1) is 11.1 Å². The molecule has 0 fully saturated rings.